The molecule has 0 saturated carbocycles. The molecule has 0 amide bonds. The summed E-state index contributed by atoms with van der Waals surface area (Å²) in [6.07, 6.45) is 1.09. The Balaban J connectivity index is 1.63. The minimum Gasteiger partial charge on any atom is -0.411 e. The Morgan fingerprint density at radius 3 is 3.00 bits per heavy atom. The van der Waals surface area contributed by atoms with Gasteiger partial charge in [0.15, 0.2) is 0 Å². The summed E-state index contributed by atoms with van der Waals surface area (Å²) in [5.74, 6) is 1.31. The van der Waals surface area contributed by atoms with Gasteiger partial charge in [0.1, 0.15) is 6.79 Å². The molecule has 1 atom stereocenters. The van der Waals surface area contributed by atoms with E-state index in [2.05, 4.69) is 26.1 Å². The van der Waals surface area contributed by atoms with Gasteiger partial charge in [0, 0.05) is 10.2 Å². The minimum atomic E-state index is 0.188. The van der Waals surface area contributed by atoms with E-state index in [1.807, 2.05) is 24.3 Å². The first-order valence-corrected chi connectivity index (χ1v) is 8.01. The Labute approximate surface area is 129 Å². The molecule has 106 valence electrons. The maximum atomic E-state index is 5.67. The van der Waals surface area contributed by atoms with Crippen LogP contribution in [0.4, 0.5) is 0 Å². The average molecular weight is 357 g/mol. The summed E-state index contributed by atoms with van der Waals surface area (Å²) in [7, 11) is 0. The third-order valence-electron chi connectivity index (χ3n) is 2.87. The molecule has 0 aliphatic carbocycles. The number of ether oxygens (including phenoxy) is 2. The van der Waals surface area contributed by atoms with Crippen molar-refractivity contribution in [2.24, 2.45) is 0 Å². The van der Waals surface area contributed by atoms with Crippen LogP contribution in [0.1, 0.15) is 6.42 Å². The molecule has 0 spiro atoms. The SMILES string of the molecule is Brc1ccccc1-c1nnc(SC[C@H]2CCOCO2)o1. The quantitative estimate of drug-likeness (QED) is 0.783. The lowest BCUT2D eigenvalue weighted by atomic mass is 10.2. The number of halogens is 1. The van der Waals surface area contributed by atoms with Crippen molar-refractivity contribution >= 4 is 27.7 Å². The van der Waals surface area contributed by atoms with Crippen molar-refractivity contribution in [3.8, 4) is 11.5 Å². The summed E-state index contributed by atoms with van der Waals surface area (Å²) in [4.78, 5) is 0. The predicted molar refractivity (Wildman–Crippen MR) is 78.5 cm³/mol. The van der Waals surface area contributed by atoms with Crippen LogP contribution in [0.15, 0.2) is 38.4 Å². The number of thioether (sulfide) groups is 1. The van der Waals surface area contributed by atoms with Crippen LogP contribution in [-0.4, -0.2) is 35.5 Å². The zero-order chi connectivity index (χ0) is 13.8. The van der Waals surface area contributed by atoms with Crippen LogP contribution in [0.5, 0.6) is 0 Å². The first kappa shape index (κ1) is 14.1. The highest BCUT2D eigenvalue weighted by molar-refractivity contribution is 9.10. The van der Waals surface area contributed by atoms with Crippen LogP contribution in [0.25, 0.3) is 11.5 Å². The van der Waals surface area contributed by atoms with Gasteiger partial charge in [-0.1, -0.05) is 23.9 Å². The summed E-state index contributed by atoms with van der Waals surface area (Å²) < 4.78 is 17.2. The van der Waals surface area contributed by atoms with E-state index in [4.69, 9.17) is 13.9 Å². The van der Waals surface area contributed by atoms with E-state index in [0.717, 1.165) is 28.8 Å². The van der Waals surface area contributed by atoms with Crippen molar-refractivity contribution in [2.45, 2.75) is 17.7 Å². The fraction of sp³-hybridized carbons (Fsp3) is 0.385. The van der Waals surface area contributed by atoms with Gasteiger partial charge in [-0.25, -0.2) is 0 Å². The molecule has 1 saturated heterocycles. The normalized spacial score (nSPS) is 19.1. The first-order valence-electron chi connectivity index (χ1n) is 6.23. The van der Waals surface area contributed by atoms with E-state index in [1.165, 1.54) is 11.8 Å². The predicted octanol–water partition coefficient (Wildman–Crippen LogP) is 3.35. The minimum absolute atomic E-state index is 0.188. The van der Waals surface area contributed by atoms with Gasteiger partial charge in [-0.05, 0) is 34.5 Å². The average Bonchev–Trinajstić information content (AvgIpc) is 2.95. The van der Waals surface area contributed by atoms with Crippen molar-refractivity contribution in [3.63, 3.8) is 0 Å². The first-order chi connectivity index (χ1) is 9.83. The van der Waals surface area contributed by atoms with Crippen LogP contribution in [-0.2, 0) is 9.47 Å². The van der Waals surface area contributed by atoms with E-state index in [0.29, 0.717) is 17.9 Å². The van der Waals surface area contributed by atoms with E-state index in [1.54, 1.807) is 0 Å². The molecule has 1 aromatic heterocycles. The topological polar surface area (TPSA) is 57.4 Å². The van der Waals surface area contributed by atoms with Gasteiger partial charge in [-0.3, -0.25) is 0 Å². The molecule has 0 unspecified atom stereocenters. The van der Waals surface area contributed by atoms with Crippen LogP contribution < -0.4 is 0 Å². The van der Waals surface area contributed by atoms with Gasteiger partial charge < -0.3 is 13.9 Å². The Morgan fingerprint density at radius 2 is 2.20 bits per heavy atom. The van der Waals surface area contributed by atoms with Crippen LogP contribution in [0.3, 0.4) is 0 Å². The fourth-order valence-corrected chi connectivity index (χ4v) is 3.09. The summed E-state index contributed by atoms with van der Waals surface area (Å²) in [6.45, 7) is 1.12. The molecule has 3 rings (SSSR count). The van der Waals surface area contributed by atoms with Crippen LogP contribution in [0, 0.1) is 0 Å². The Kier molecular flexibility index (Phi) is 4.72. The second-order valence-electron chi connectivity index (χ2n) is 4.27. The number of hydrogen-bond acceptors (Lipinski definition) is 6. The van der Waals surface area contributed by atoms with Gasteiger partial charge >= 0.3 is 0 Å². The number of aromatic nitrogens is 2. The van der Waals surface area contributed by atoms with Gasteiger partial charge in [-0.15, -0.1) is 10.2 Å². The Bertz CT molecular complexity index is 572. The molecule has 1 fully saturated rings. The van der Waals surface area contributed by atoms with Crippen molar-refractivity contribution in [1.29, 1.82) is 0 Å². The fourth-order valence-electron chi connectivity index (χ4n) is 1.81. The Hall–Kier alpha value is -0.890. The highest BCUT2D eigenvalue weighted by Crippen LogP contribution is 2.29. The van der Waals surface area contributed by atoms with Crippen molar-refractivity contribution < 1.29 is 13.9 Å². The van der Waals surface area contributed by atoms with E-state index in [-0.39, 0.29) is 6.10 Å². The lowest BCUT2D eigenvalue weighted by molar-refractivity contribution is -0.130. The smallest absolute Gasteiger partial charge is 0.276 e. The molecular weight excluding hydrogens is 344 g/mol. The van der Waals surface area contributed by atoms with Crippen molar-refractivity contribution in [3.05, 3.63) is 28.7 Å². The third-order valence-corrected chi connectivity index (χ3v) is 4.52. The zero-order valence-corrected chi connectivity index (χ0v) is 13.0. The van der Waals surface area contributed by atoms with Gasteiger partial charge in [0.25, 0.3) is 5.22 Å². The highest BCUT2D eigenvalue weighted by Gasteiger charge is 2.17. The summed E-state index contributed by atoms with van der Waals surface area (Å²) >= 11 is 4.99. The monoisotopic (exact) mass is 356 g/mol. The molecule has 1 aliphatic heterocycles. The summed E-state index contributed by atoms with van der Waals surface area (Å²) in [6, 6.07) is 7.77. The number of nitrogens with zero attached hydrogens (tertiary/aromatic N) is 2. The van der Waals surface area contributed by atoms with Gasteiger partial charge in [0.2, 0.25) is 5.89 Å². The highest BCUT2D eigenvalue weighted by atomic mass is 79.9. The van der Waals surface area contributed by atoms with Gasteiger partial charge in [-0.2, -0.15) is 0 Å². The lowest BCUT2D eigenvalue weighted by Crippen LogP contribution is -2.25. The maximum absolute atomic E-state index is 5.67. The molecule has 0 radical (unpaired) electrons. The van der Waals surface area contributed by atoms with Crippen LogP contribution in [0.2, 0.25) is 0 Å². The summed E-state index contributed by atoms with van der Waals surface area (Å²) in [5, 5.41) is 8.70. The summed E-state index contributed by atoms with van der Waals surface area (Å²) in [5.41, 5.74) is 0.897. The van der Waals surface area contributed by atoms with E-state index >= 15 is 0 Å². The number of rotatable bonds is 4. The molecule has 2 aromatic rings. The molecule has 20 heavy (non-hydrogen) atoms. The van der Waals surface area contributed by atoms with Crippen molar-refractivity contribution in [2.75, 3.05) is 19.2 Å². The number of benzene rings is 1. The second-order valence-corrected chi connectivity index (χ2v) is 6.09. The molecular formula is C13H13BrN2O3S. The standard InChI is InChI=1S/C13H13BrN2O3S/c14-11-4-2-1-3-10(11)12-15-16-13(19-12)20-7-9-5-6-17-8-18-9/h1-4,9H,5-8H2/t9-/m1/s1. The number of hydrogen-bond donors (Lipinski definition) is 0. The van der Waals surface area contributed by atoms with Crippen molar-refractivity contribution in [1.82, 2.24) is 10.2 Å². The van der Waals surface area contributed by atoms with E-state index in [9.17, 15) is 0 Å². The van der Waals surface area contributed by atoms with E-state index < -0.39 is 0 Å². The second kappa shape index (κ2) is 6.71. The molecule has 0 N–H and O–H groups in total. The largest absolute Gasteiger partial charge is 0.411 e. The molecule has 7 heteroatoms. The molecule has 5 nitrogen and oxygen atoms in total. The molecule has 1 aliphatic rings. The molecule has 1 aromatic carbocycles. The van der Waals surface area contributed by atoms with Gasteiger partial charge in [0.05, 0.1) is 18.3 Å². The maximum Gasteiger partial charge on any atom is 0.276 e. The third kappa shape index (κ3) is 3.41. The lowest BCUT2D eigenvalue weighted by Gasteiger charge is -2.21. The van der Waals surface area contributed by atoms with Crippen LogP contribution >= 0.6 is 27.7 Å². The molecule has 2 heterocycles. The Morgan fingerprint density at radius 1 is 1.30 bits per heavy atom. The zero-order valence-electron chi connectivity index (χ0n) is 10.6. The molecule has 0 bridgehead atoms.